The van der Waals surface area contributed by atoms with E-state index in [1.165, 1.54) is 0 Å². The van der Waals surface area contributed by atoms with Gasteiger partial charge < -0.3 is 25.6 Å². The van der Waals surface area contributed by atoms with Crippen LogP contribution in [0.2, 0.25) is 0 Å². The molecular weight excluding hydrogens is 521 g/mol. The zero-order valence-corrected chi connectivity index (χ0v) is 23.0. The van der Waals surface area contributed by atoms with Gasteiger partial charge in [-0.1, -0.05) is 12.1 Å². The third kappa shape index (κ3) is 12.1. The van der Waals surface area contributed by atoms with Crippen molar-refractivity contribution in [3.05, 3.63) is 35.4 Å². The second-order valence-electron chi connectivity index (χ2n) is 9.28. The average Bonchev–Trinajstić information content (AvgIpc) is 2.63. The Bertz CT molecular complexity index is 773. The summed E-state index contributed by atoms with van der Waals surface area (Å²) < 4.78 is 5.33. The van der Waals surface area contributed by atoms with E-state index < -0.39 is 17.2 Å². The molecule has 3 N–H and O–H groups in total. The highest BCUT2D eigenvalue weighted by atomic mass is 127. The van der Waals surface area contributed by atoms with E-state index in [-0.39, 0.29) is 29.9 Å². The standard InChI is InChI=1S/C23H39N5O3.HI/c1-9-24-20(26-16-23(5,6)27-21(30)31-22(2,3)4)25-14-13-17-11-10-12-18(15-17)19(29)28(7)8;/h10-12,15H,9,13-14,16H2,1-8H3,(H,27,30)(H2,24,25,26);1H. The van der Waals surface area contributed by atoms with Crippen LogP contribution in [0.5, 0.6) is 0 Å². The van der Waals surface area contributed by atoms with Crippen LogP contribution in [0.3, 0.4) is 0 Å². The van der Waals surface area contributed by atoms with Crippen LogP contribution in [-0.2, 0) is 11.2 Å². The van der Waals surface area contributed by atoms with Gasteiger partial charge in [-0.2, -0.15) is 0 Å². The summed E-state index contributed by atoms with van der Waals surface area (Å²) in [5, 5.41) is 9.37. The number of hydrogen-bond acceptors (Lipinski definition) is 4. The van der Waals surface area contributed by atoms with E-state index in [2.05, 4.69) is 20.9 Å². The van der Waals surface area contributed by atoms with Crippen LogP contribution in [0.1, 0.15) is 57.5 Å². The Balaban J connectivity index is 0.00000961. The van der Waals surface area contributed by atoms with Crippen molar-refractivity contribution in [2.45, 2.75) is 59.1 Å². The average molecular weight is 562 g/mol. The Labute approximate surface area is 210 Å². The molecule has 182 valence electrons. The van der Waals surface area contributed by atoms with Gasteiger partial charge in [0.2, 0.25) is 0 Å². The van der Waals surface area contributed by atoms with E-state index >= 15 is 0 Å². The summed E-state index contributed by atoms with van der Waals surface area (Å²) in [4.78, 5) is 30.4. The number of alkyl carbamates (subject to hydrolysis) is 1. The monoisotopic (exact) mass is 561 g/mol. The highest BCUT2D eigenvalue weighted by Crippen LogP contribution is 2.10. The molecule has 0 bridgehead atoms. The molecule has 0 radical (unpaired) electrons. The summed E-state index contributed by atoms with van der Waals surface area (Å²) >= 11 is 0. The maximum absolute atomic E-state index is 12.1. The molecule has 0 aliphatic heterocycles. The molecule has 2 amide bonds. The molecule has 0 saturated carbocycles. The molecule has 9 heteroatoms. The number of carbonyl (C=O) groups is 2. The molecule has 8 nitrogen and oxygen atoms in total. The van der Waals surface area contributed by atoms with E-state index in [9.17, 15) is 9.59 Å². The Hall–Kier alpha value is -2.04. The highest BCUT2D eigenvalue weighted by molar-refractivity contribution is 14.0. The van der Waals surface area contributed by atoms with E-state index in [0.29, 0.717) is 24.6 Å². The zero-order chi connectivity index (χ0) is 23.7. The van der Waals surface area contributed by atoms with Gasteiger partial charge in [0.15, 0.2) is 5.96 Å². The maximum Gasteiger partial charge on any atom is 0.408 e. The summed E-state index contributed by atoms with van der Waals surface area (Å²) in [5.41, 5.74) is 0.640. The number of amides is 2. The number of benzene rings is 1. The van der Waals surface area contributed by atoms with Crippen molar-refractivity contribution in [3.63, 3.8) is 0 Å². The number of aliphatic imine (C=N–C) groups is 1. The fraction of sp³-hybridized carbons (Fsp3) is 0.609. The molecule has 1 aromatic rings. The first-order valence-electron chi connectivity index (χ1n) is 10.7. The van der Waals surface area contributed by atoms with Gasteiger partial charge in [0.1, 0.15) is 5.60 Å². The van der Waals surface area contributed by atoms with Gasteiger partial charge in [-0.15, -0.1) is 24.0 Å². The van der Waals surface area contributed by atoms with Gasteiger partial charge in [-0.3, -0.25) is 9.79 Å². The fourth-order valence-electron chi connectivity index (χ4n) is 2.68. The van der Waals surface area contributed by atoms with Gasteiger partial charge in [-0.25, -0.2) is 4.79 Å². The topological polar surface area (TPSA) is 95.1 Å². The summed E-state index contributed by atoms with van der Waals surface area (Å²) in [6.45, 7) is 13.1. The Kier molecular flexibility index (Phi) is 12.6. The zero-order valence-electron chi connectivity index (χ0n) is 20.7. The van der Waals surface area contributed by atoms with E-state index in [1.54, 1.807) is 19.0 Å². The summed E-state index contributed by atoms with van der Waals surface area (Å²) in [7, 11) is 3.49. The SMILES string of the molecule is CCNC(=NCC(C)(C)NC(=O)OC(C)(C)C)NCCc1cccc(C(=O)N(C)C)c1.I. The van der Waals surface area contributed by atoms with E-state index in [0.717, 1.165) is 18.5 Å². The van der Waals surface area contributed by atoms with E-state index in [1.807, 2.05) is 65.8 Å². The first-order chi connectivity index (χ1) is 14.3. The second kappa shape index (κ2) is 13.5. The normalized spacial score (nSPS) is 11.8. The molecule has 1 aromatic carbocycles. The molecule has 1 rings (SSSR count). The van der Waals surface area contributed by atoms with Crippen molar-refractivity contribution in [1.82, 2.24) is 20.9 Å². The Morgan fingerprint density at radius 1 is 1.09 bits per heavy atom. The van der Waals surface area contributed by atoms with Crippen molar-refractivity contribution in [1.29, 1.82) is 0 Å². The first kappa shape index (κ1) is 30.0. The van der Waals surface area contributed by atoms with Crippen LogP contribution >= 0.6 is 24.0 Å². The lowest BCUT2D eigenvalue weighted by atomic mass is 10.1. The smallest absolute Gasteiger partial charge is 0.408 e. The maximum atomic E-state index is 12.1. The third-order valence-electron chi connectivity index (χ3n) is 4.10. The number of nitrogens with zero attached hydrogens (tertiary/aromatic N) is 2. The van der Waals surface area contributed by atoms with Gasteiger partial charge in [-0.05, 0) is 65.7 Å². The van der Waals surface area contributed by atoms with Gasteiger partial charge in [0.05, 0.1) is 12.1 Å². The van der Waals surface area contributed by atoms with Crippen molar-refractivity contribution >= 4 is 41.9 Å². The summed E-state index contributed by atoms with van der Waals surface area (Å²) in [5.74, 6) is 0.659. The number of nitrogens with one attached hydrogen (secondary N) is 3. The minimum Gasteiger partial charge on any atom is -0.444 e. The van der Waals surface area contributed by atoms with Crippen LogP contribution in [0, 0.1) is 0 Å². The van der Waals surface area contributed by atoms with Crippen molar-refractivity contribution in [3.8, 4) is 0 Å². The lowest BCUT2D eigenvalue weighted by Crippen LogP contribution is -2.49. The molecule has 0 aromatic heterocycles. The number of hydrogen-bond donors (Lipinski definition) is 3. The minimum atomic E-state index is -0.564. The Morgan fingerprint density at radius 3 is 2.31 bits per heavy atom. The summed E-state index contributed by atoms with van der Waals surface area (Å²) in [6, 6.07) is 7.65. The van der Waals surface area contributed by atoms with Crippen LogP contribution in [0.15, 0.2) is 29.3 Å². The van der Waals surface area contributed by atoms with Crippen LogP contribution in [0.4, 0.5) is 4.79 Å². The van der Waals surface area contributed by atoms with Crippen molar-refractivity contribution < 1.29 is 14.3 Å². The predicted octanol–water partition coefficient (Wildman–Crippen LogP) is 3.41. The minimum absolute atomic E-state index is 0. The summed E-state index contributed by atoms with van der Waals surface area (Å²) in [6.07, 6.45) is 0.288. The van der Waals surface area contributed by atoms with Crippen LogP contribution in [-0.4, -0.2) is 67.7 Å². The molecule has 0 unspecified atom stereocenters. The largest absolute Gasteiger partial charge is 0.444 e. The predicted molar refractivity (Wildman–Crippen MR) is 141 cm³/mol. The number of halogens is 1. The lowest BCUT2D eigenvalue weighted by Gasteiger charge is -2.27. The van der Waals surface area contributed by atoms with Crippen molar-refractivity contribution in [2.24, 2.45) is 4.99 Å². The molecule has 0 heterocycles. The lowest BCUT2D eigenvalue weighted by molar-refractivity contribution is 0.0476. The highest BCUT2D eigenvalue weighted by Gasteiger charge is 2.24. The molecule has 0 atom stereocenters. The molecule has 32 heavy (non-hydrogen) atoms. The number of rotatable bonds is 8. The number of carbonyl (C=O) groups excluding carboxylic acids is 2. The molecule has 0 aliphatic carbocycles. The third-order valence-corrected chi connectivity index (χ3v) is 4.10. The van der Waals surface area contributed by atoms with Gasteiger partial charge in [0, 0.05) is 32.7 Å². The molecule has 0 saturated heterocycles. The van der Waals surface area contributed by atoms with Gasteiger partial charge >= 0.3 is 6.09 Å². The second-order valence-corrected chi connectivity index (χ2v) is 9.28. The van der Waals surface area contributed by atoms with Gasteiger partial charge in [0.25, 0.3) is 5.91 Å². The Morgan fingerprint density at radius 2 is 1.75 bits per heavy atom. The number of ether oxygens (including phenoxy) is 1. The quantitative estimate of drug-likeness (QED) is 0.257. The van der Waals surface area contributed by atoms with Crippen molar-refractivity contribution in [2.75, 3.05) is 33.7 Å². The molecule has 0 spiro atoms. The molecular formula is C23H40IN5O3. The molecule has 0 aliphatic rings. The molecule has 0 fully saturated rings. The number of guanidine groups is 1. The first-order valence-corrected chi connectivity index (χ1v) is 10.7. The van der Waals surface area contributed by atoms with Crippen LogP contribution < -0.4 is 16.0 Å². The van der Waals surface area contributed by atoms with Crippen LogP contribution in [0.25, 0.3) is 0 Å². The fourth-order valence-corrected chi connectivity index (χ4v) is 2.68. The van der Waals surface area contributed by atoms with E-state index in [4.69, 9.17) is 4.74 Å².